The molecular weight excluding hydrogens is 392 g/mol. The summed E-state index contributed by atoms with van der Waals surface area (Å²) in [7, 11) is -0.144. The van der Waals surface area contributed by atoms with Crippen molar-refractivity contribution in [1.82, 2.24) is 0 Å². The van der Waals surface area contributed by atoms with Crippen LogP contribution in [0.4, 0.5) is 0 Å². The molecule has 148 valence electrons. The monoisotopic (exact) mass is 415 g/mol. The number of benzene rings is 5. The third kappa shape index (κ3) is 4.33. The van der Waals surface area contributed by atoms with E-state index in [-0.39, 0.29) is 10.9 Å². The van der Waals surface area contributed by atoms with E-state index in [0.29, 0.717) is 0 Å². The van der Waals surface area contributed by atoms with Crippen LogP contribution in [0.5, 0.6) is 0 Å². The van der Waals surface area contributed by atoms with Crippen LogP contribution in [0.15, 0.2) is 154 Å². The molecule has 0 spiro atoms. The highest BCUT2D eigenvalue weighted by Crippen LogP contribution is 2.33. The highest BCUT2D eigenvalue weighted by molar-refractivity contribution is 7.97. The van der Waals surface area contributed by atoms with Crippen molar-refractivity contribution in [3.05, 3.63) is 140 Å². The van der Waals surface area contributed by atoms with Crippen LogP contribution in [-0.4, -0.2) is 0 Å². The fraction of sp³-hybridized carbons (Fsp3) is 0. The van der Waals surface area contributed by atoms with Crippen molar-refractivity contribution in [3.8, 4) is 22.3 Å². The maximum Gasteiger partial charge on any atom is 0.166 e. The SMILES string of the molecule is c1ccc(-c2ccc([S+](c3ccccc3)c3ccc(-c4ccccc4)cc3)cc2)cc1. The smallest absolute Gasteiger partial charge is 0.0622 e. The van der Waals surface area contributed by atoms with E-state index in [1.54, 1.807) is 0 Å². The minimum absolute atomic E-state index is 0.144. The van der Waals surface area contributed by atoms with Crippen molar-refractivity contribution in [2.24, 2.45) is 0 Å². The molecule has 31 heavy (non-hydrogen) atoms. The van der Waals surface area contributed by atoms with Crippen LogP contribution in [0.25, 0.3) is 22.3 Å². The molecule has 0 atom stereocenters. The van der Waals surface area contributed by atoms with Gasteiger partial charge in [0.05, 0.1) is 10.9 Å². The summed E-state index contributed by atoms with van der Waals surface area (Å²) in [6.45, 7) is 0. The first kappa shape index (κ1) is 19.4. The van der Waals surface area contributed by atoms with E-state index in [0.717, 1.165) is 0 Å². The molecule has 0 aromatic heterocycles. The Bertz CT molecular complexity index is 1140. The molecule has 5 rings (SSSR count). The molecule has 0 unspecified atom stereocenters. The predicted molar refractivity (Wildman–Crippen MR) is 132 cm³/mol. The predicted octanol–water partition coefficient (Wildman–Crippen LogP) is 8.12. The summed E-state index contributed by atoms with van der Waals surface area (Å²) >= 11 is 0. The molecular formula is C30H23S+. The maximum atomic E-state index is 2.28. The van der Waals surface area contributed by atoms with Gasteiger partial charge in [0.25, 0.3) is 0 Å². The summed E-state index contributed by atoms with van der Waals surface area (Å²) in [6, 6.07) is 50.0. The Morgan fingerprint density at radius 3 is 0.935 bits per heavy atom. The van der Waals surface area contributed by atoms with Crippen LogP contribution < -0.4 is 0 Å². The molecule has 0 N–H and O–H groups in total. The van der Waals surface area contributed by atoms with Crippen LogP contribution in [0.3, 0.4) is 0 Å². The average molecular weight is 416 g/mol. The van der Waals surface area contributed by atoms with E-state index in [4.69, 9.17) is 0 Å². The molecule has 0 saturated heterocycles. The Morgan fingerprint density at radius 1 is 0.258 bits per heavy atom. The molecule has 0 heterocycles. The van der Waals surface area contributed by atoms with Crippen molar-refractivity contribution < 1.29 is 0 Å². The number of hydrogen-bond donors (Lipinski definition) is 0. The fourth-order valence-corrected chi connectivity index (χ4v) is 5.86. The first-order valence-corrected chi connectivity index (χ1v) is 11.7. The van der Waals surface area contributed by atoms with Gasteiger partial charge in [-0.1, -0.05) is 78.9 Å². The summed E-state index contributed by atoms with van der Waals surface area (Å²) < 4.78 is 0. The normalized spacial score (nSPS) is 10.9. The molecule has 0 aliphatic heterocycles. The van der Waals surface area contributed by atoms with Crippen molar-refractivity contribution in [2.45, 2.75) is 14.7 Å². The molecule has 0 bridgehead atoms. The zero-order chi connectivity index (χ0) is 20.9. The van der Waals surface area contributed by atoms with Crippen LogP contribution in [0, 0.1) is 0 Å². The van der Waals surface area contributed by atoms with E-state index in [9.17, 15) is 0 Å². The highest BCUT2D eigenvalue weighted by atomic mass is 32.2. The van der Waals surface area contributed by atoms with Gasteiger partial charge in [0.15, 0.2) is 14.7 Å². The van der Waals surface area contributed by atoms with E-state index in [1.807, 2.05) is 0 Å². The van der Waals surface area contributed by atoms with E-state index < -0.39 is 0 Å². The summed E-state index contributed by atoms with van der Waals surface area (Å²) in [6.07, 6.45) is 0. The Hall–Kier alpha value is -3.55. The van der Waals surface area contributed by atoms with E-state index >= 15 is 0 Å². The molecule has 5 aromatic carbocycles. The van der Waals surface area contributed by atoms with Gasteiger partial charge < -0.3 is 0 Å². The lowest BCUT2D eigenvalue weighted by Gasteiger charge is -2.10. The van der Waals surface area contributed by atoms with Gasteiger partial charge in [-0.2, -0.15) is 0 Å². The van der Waals surface area contributed by atoms with Crippen LogP contribution in [0.1, 0.15) is 0 Å². The third-order valence-corrected chi connectivity index (χ3v) is 7.60. The van der Waals surface area contributed by atoms with Crippen molar-refractivity contribution in [2.75, 3.05) is 0 Å². The number of hydrogen-bond acceptors (Lipinski definition) is 0. The molecule has 0 amide bonds. The zero-order valence-electron chi connectivity index (χ0n) is 17.2. The Labute approximate surface area is 187 Å². The molecule has 0 saturated carbocycles. The Morgan fingerprint density at radius 2 is 0.548 bits per heavy atom. The van der Waals surface area contributed by atoms with Crippen LogP contribution in [-0.2, 0) is 10.9 Å². The highest BCUT2D eigenvalue weighted by Gasteiger charge is 2.28. The van der Waals surface area contributed by atoms with Crippen molar-refractivity contribution in [1.29, 1.82) is 0 Å². The van der Waals surface area contributed by atoms with Gasteiger partial charge in [-0.25, -0.2) is 0 Å². The quantitative estimate of drug-likeness (QED) is 0.254. The summed E-state index contributed by atoms with van der Waals surface area (Å²) in [5.41, 5.74) is 5.00. The van der Waals surface area contributed by atoms with E-state index in [1.165, 1.54) is 36.9 Å². The Kier molecular flexibility index (Phi) is 5.68. The van der Waals surface area contributed by atoms with Gasteiger partial charge in [0, 0.05) is 0 Å². The van der Waals surface area contributed by atoms with Crippen molar-refractivity contribution >= 4 is 10.9 Å². The van der Waals surface area contributed by atoms with Gasteiger partial charge in [-0.05, 0) is 82.9 Å². The summed E-state index contributed by atoms with van der Waals surface area (Å²) in [4.78, 5) is 4.00. The first-order valence-electron chi connectivity index (χ1n) is 10.5. The lowest BCUT2D eigenvalue weighted by molar-refractivity contribution is 1.32. The fourth-order valence-electron chi connectivity index (χ4n) is 3.79. The van der Waals surface area contributed by atoms with Gasteiger partial charge in [-0.15, -0.1) is 0 Å². The minimum atomic E-state index is -0.144. The second kappa shape index (κ2) is 9.07. The third-order valence-electron chi connectivity index (χ3n) is 5.37. The largest absolute Gasteiger partial charge is 0.166 e. The molecule has 0 radical (unpaired) electrons. The zero-order valence-corrected chi connectivity index (χ0v) is 18.0. The minimum Gasteiger partial charge on any atom is -0.0622 e. The first-order chi connectivity index (χ1) is 15.4. The average Bonchev–Trinajstić information content (AvgIpc) is 2.87. The van der Waals surface area contributed by atoms with E-state index in [2.05, 4.69) is 140 Å². The van der Waals surface area contributed by atoms with Gasteiger partial charge in [-0.3, -0.25) is 0 Å². The summed E-state index contributed by atoms with van der Waals surface area (Å²) in [5, 5.41) is 0. The topological polar surface area (TPSA) is 0 Å². The number of rotatable bonds is 5. The van der Waals surface area contributed by atoms with Gasteiger partial charge >= 0.3 is 0 Å². The molecule has 5 aromatic rings. The van der Waals surface area contributed by atoms with Gasteiger partial charge in [0.1, 0.15) is 0 Å². The van der Waals surface area contributed by atoms with Gasteiger partial charge in [0.2, 0.25) is 0 Å². The second-order valence-corrected chi connectivity index (χ2v) is 9.43. The van der Waals surface area contributed by atoms with Crippen LogP contribution in [0.2, 0.25) is 0 Å². The summed E-state index contributed by atoms with van der Waals surface area (Å²) in [5.74, 6) is 0. The van der Waals surface area contributed by atoms with Crippen molar-refractivity contribution in [3.63, 3.8) is 0 Å². The standard InChI is InChI=1S/C30H23S/c1-4-10-24(11-5-1)26-16-20-29(21-17-26)31(28-14-8-3-9-15-28)30-22-18-27(19-23-30)25-12-6-2-7-13-25/h1-23H/q+1. The molecule has 0 aliphatic carbocycles. The Balaban J connectivity index is 1.52. The molecule has 1 heteroatoms. The lowest BCUT2D eigenvalue weighted by Crippen LogP contribution is -2.04. The molecule has 0 nitrogen and oxygen atoms in total. The van der Waals surface area contributed by atoms with Crippen LogP contribution >= 0.6 is 0 Å². The second-order valence-electron chi connectivity index (χ2n) is 7.40. The lowest BCUT2D eigenvalue weighted by atomic mass is 10.1. The molecule has 0 aliphatic rings. The molecule has 0 fully saturated rings. The maximum absolute atomic E-state index is 2.28.